The maximum Gasteiger partial charge on any atom is 0.272 e. The van der Waals surface area contributed by atoms with E-state index in [0.29, 0.717) is 22.4 Å². The molecule has 11 heteroatoms. The number of nitrogen functional groups attached to an aromatic ring is 1. The Balaban J connectivity index is 1.79. The Morgan fingerprint density at radius 2 is 2.07 bits per heavy atom. The molecule has 0 unspecified atom stereocenters. The maximum absolute atomic E-state index is 14.3. The Kier molecular flexibility index (Phi) is 4.28. The van der Waals surface area contributed by atoms with E-state index in [1.165, 1.54) is 24.7 Å². The van der Waals surface area contributed by atoms with Crippen molar-refractivity contribution in [2.75, 3.05) is 5.73 Å². The van der Waals surface area contributed by atoms with Gasteiger partial charge in [0.05, 0.1) is 23.9 Å². The zero-order valence-electron chi connectivity index (χ0n) is 14.7. The lowest BCUT2D eigenvalue weighted by molar-refractivity contribution is -0.385. The minimum absolute atomic E-state index is 0.0197. The number of hydrogen-bond acceptors (Lipinski definition) is 8. The number of fused-ring (bicyclic) bond motifs is 1. The first-order valence-corrected chi connectivity index (χ1v) is 8.24. The van der Waals surface area contributed by atoms with Crippen LogP contribution in [0.25, 0.3) is 22.4 Å². The number of benzene rings is 1. The molecule has 29 heavy (non-hydrogen) atoms. The van der Waals surface area contributed by atoms with E-state index < -0.39 is 10.7 Å². The first kappa shape index (κ1) is 17.9. The highest BCUT2D eigenvalue weighted by Crippen LogP contribution is 2.27. The smallest absolute Gasteiger partial charge is 0.272 e. The number of halogens is 1. The fourth-order valence-corrected chi connectivity index (χ4v) is 2.88. The molecule has 142 valence electrons. The number of imidazole rings is 1. The lowest BCUT2D eigenvalue weighted by Crippen LogP contribution is -2.05. The molecule has 0 spiro atoms. The summed E-state index contributed by atoms with van der Waals surface area (Å²) in [5.74, 6) is -0.732. The van der Waals surface area contributed by atoms with Gasteiger partial charge >= 0.3 is 0 Å². The Morgan fingerprint density at radius 3 is 2.79 bits per heavy atom. The van der Waals surface area contributed by atoms with Crippen LogP contribution in [0.5, 0.6) is 0 Å². The summed E-state index contributed by atoms with van der Waals surface area (Å²) in [7, 11) is 0. The van der Waals surface area contributed by atoms with Crippen molar-refractivity contribution in [3.63, 3.8) is 0 Å². The lowest BCUT2D eigenvalue weighted by Gasteiger charge is -2.07. The highest BCUT2D eigenvalue weighted by molar-refractivity contribution is 5.88. The van der Waals surface area contributed by atoms with Gasteiger partial charge in [0.2, 0.25) is 5.95 Å². The molecular weight excluding hydrogens is 379 g/mol. The Hall–Kier alpha value is -4.46. The molecule has 0 aliphatic heterocycles. The molecule has 4 aromatic rings. The van der Waals surface area contributed by atoms with Gasteiger partial charge in [-0.05, 0) is 18.2 Å². The van der Waals surface area contributed by atoms with E-state index in [1.54, 1.807) is 16.7 Å². The Labute approximate surface area is 162 Å². The number of nitrogens with zero attached hydrogens (tertiary/aromatic N) is 7. The van der Waals surface area contributed by atoms with Gasteiger partial charge in [0, 0.05) is 23.4 Å². The highest BCUT2D eigenvalue weighted by atomic mass is 19.1. The number of nitrogens with two attached hydrogens (primary N) is 1. The summed E-state index contributed by atoms with van der Waals surface area (Å²) >= 11 is 0. The maximum atomic E-state index is 14.3. The Morgan fingerprint density at radius 1 is 1.24 bits per heavy atom. The van der Waals surface area contributed by atoms with Crippen molar-refractivity contribution in [2.45, 2.75) is 6.54 Å². The second-order valence-corrected chi connectivity index (χ2v) is 6.05. The number of nitro groups is 1. The third-order valence-electron chi connectivity index (χ3n) is 4.22. The van der Waals surface area contributed by atoms with Crippen LogP contribution < -0.4 is 5.73 Å². The van der Waals surface area contributed by atoms with Crippen LogP contribution in [0.15, 0.2) is 42.9 Å². The van der Waals surface area contributed by atoms with E-state index >= 15 is 0 Å². The number of non-ortho nitro benzene ring substituents is 1. The van der Waals surface area contributed by atoms with E-state index in [4.69, 9.17) is 11.0 Å². The van der Waals surface area contributed by atoms with Crippen molar-refractivity contribution in [1.82, 2.24) is 24.5 Å². The van der Waals surface area contributed by atoms with Crippen LogP contribution in [0.2, 0.25) is 0 Å². The minimum atomic E-state index is -0.712. The molecule has 0 bridgehead atoms. The number of anilines is 1. The summed E-state index contributed by atoms with van der Waals surface area (Å²) < 4.78 is 15.8. The number of pyridine rings is 1. The molecule has 10 nitrogen and oxygen atoms in total. The van der Waals surface area contributed by atoms with E-state index in [9.17, 15) is 14.5 Å². The van der Waals surface area contributed by atoms with Gasteiger partial charge in [-0.1, -0.05) is 0 Å². The molecule has 3 aromatic heterocycles. The normalized spacial score (nSPS) is 10.8. The average molecular weight is 390 g/mol. The quantitative estimate of drug-likeness (QED) is 0.412. The third kappa shape index (κ3) is 3.30. The molecule has 0 saturated carbocycles. The molecule has 0 aliphatic rings. The zero-order chi connectivity index (χ0) is 20.5. The second-order valence-electron chi connectivity index (χ2n) is 6.05. The van der Waals surface area contributed by atoms with Crippen LogP contribution in [0.3, 0.4) is 0 Å². The van der Waals surface area contributed by atoms with Gasteiger partial charge in [-0.15, -0.1) is 0 Å². The fourth-order valence-electron chi connectivity index (χ4n) is 2.88. The van der Waals surface area contributed by atoms with Gasteiger partial charge < -0.3 is 10.3 Å². The summed E-state index contributed by atoms with van der Waals surface area (Å²) in [6.45, 7) is 0.0377. The number of aromatic nitrogens is 5. The fraction of sp³-hybridized carbons (Fsp3) is 0.0556. The van der Waals surface area contributed by atoms with Gasteiger partial charge in [-0.2, -0.15) is 10.2 Å². The second kappa shape index (κ2) is 6.93. The molecule has 4 rings (SSSR count). The predicted octanol–water partition coefficient (Wildman–Crippen LogP) is 2.44. The number of hydrogen-bond donors (Lipinski definition) is 1. The summed E-state index contributed by atoms with van der Waals surface area (Å²) in [5.41, 5.74) is 7.72. The van der Waals surface area contributed by atoms with E-state index in [-0.39, 0.29) is 29.4 Å². The van der Waals surface area contributed by atoms with Crippen molar-refractivity contribution < 1.29 is 9.31 Å². The van der Waals surface area contributed by atoms with Crippen LogP contribution >= 0.6 is 0 Å². The summed E-state index contributed by atoms with van der Waals surface area (Å²) in [6, 6.07) is 8.60. The molecule has 0 radical (unpaired) electrons. The minimum Gasteiger partial charge on any atom is -0.368 e. The van der Waals surface area contributed by atoms with Gasteiger partial charge in [0.1, 0.15) is 28.8 Å². The molecule has 0 amide bonds. The average Bonchev–Trinajstić information content (AvgIpc) is 3.11. The van der Waals surface area contributed by atoms with Crippen molar-refractivity contribution in [3.05, 3.63) is 70.0 Å². The topological polar surface area (TPSA) is 149 Å². The first-order chi connectivity index (χ1) is 14.0. The van der Waals surface area contributed by atoms with Gasteiger partial charge in [-0.25, -0.2) is 19.3 Å². The van der Waals surface area contributed by atoms with E-state index in [0.717, 1.165) is 6.07 Å². The molecule has 1 aromatic carbocycles. The molecule has 0 atom stereocenters. The van der Waals surface area contributed by atoms with Crippen molar-refractivity contribution >= 4 is 22.8 Å². The summed E-state index contributed by atoms with van der Waals surface area (Å²) in [4.78, 5) is 26.8. The molecule has 0 saturated heterocycles. The van der Waals surface area contributed by atoms with Crippen LogP contribution in [0.4, 0.5) is 16.0 Å². The molecule has 2 N–H and O–H groups in total. The summed E-state index contributed by atoms with van der Waals surface area (Å²) in [5, 5.41) is 19.8. The van der Waals surface area contributed by atoms with Gasteiger partial charge in [-0.3, -0.25) is 10.1 Å². The molecule has 3 heterocycles. The predicted molar refractivity (Wildman–Crippen MR) is 99.8 cm³/mol. The standard InChI is InChI=1S/C18H11FN8O2/c19-14-6-13(27(28)29)2-1-11(14)8-26-9-23-16-15(24-18(21)25-17(16)26)10-3-4-22-12(5-10)7-20/h1-6,9H,8H2,(H2,21,24,25). The molecule has 0 aliphatic carbocycles. The van der Waals surface area contributed by atoms with Gasteiger partial charge in [0.25, 0.3) is 5.69 Å². The number of rotatable bonds is 4. The Bertz CT molecular complexity index is 1310. The van der Waals surface area contributed by atoms with E-state index in [2.05, 4.69) is 19.9 Å². The largest absolute Gasteiger partial charge is 0.368 e. The summed E-state index contributed by atoms with van der Waals surface area (Å²) in [6.07, 6.45) is 2.93. The first-order valence-electron chi connectivity index (χ1n) is 8.24. The van der Waals surface area contributed by atoms with E-state index in [1.807, 2.05) is 6.07 Å². The van der Waals surface area contributed by atoms with Crippen molar-refractivity contribution in [2.24, 2.45) is 0 Å². The molecule has 0 fully saturated rings. The van der Waals surface area contributed by atoms with Crippen molar-refractivity contribution in [3.8, 4) is 17.3 Å². The third-order valence-corrected chi connectivity index (χ3v) is 4.22. The lowest BCUT2D eigenvalue weighted by atomic mass is 10.1. The van der Waals surface area contributed by atoms with Crippen molar-refractivity contribution in [1.29, 1.82) is 5.26 Å². The SMILES string of the molecule is N#Cc1cc(-c2nc(N)nc3c2ncn3Cc2ccc([N+](=O)[O-])cc2F)ccn1. The van der Waals surface area contributed by atoms with Crippen LogP contribution in [0.1, 0.15) is 11.3 Å². The van der Waals surface area contributed by atoms with Crippen LogP contribution in [0, 0.1) is 27.3 Å². The van der Waals surface area contributed by atoms with Crippen LogP contribution in [-0.2, 0) is 6.54 Å². The van der Waals surface area contributed by atoms with Crippen LogP contribution in [-0.4, -0.2) is 29.4 Å². The number of nitriles is 1. The number of nitro benzene ring substituents is 1. The zero-order valence-corrected chi connectivity index (χ0v) is 14.7. The molecular formula is C18H11FN8O2. The monoisotopic (exact) mass is 390 g/mol. The van der Waals surface area contributed by atoms with Gasteiger partial charge in [0.15, 0.2) is 5.65 Å². The highest BCUT2D eigenvalue weighted by Gasteiger charge is 2.17.